The van der Waals surface area contributed by atoms with Gasteiger partial charge in [-0.1, -0.05) is 19.9 Å². The molecule has 0 amide bonds. The van der Waals surface area contributed by atoms with E-state index in [9.17, 15) is 5.11 Å². The van der Waals surface area contributed by atoms with Crippen LogP contribution in [0.5, 0.6) is 17.5 Å². The smallest absolute Gasteiger partial charge is 0.278 e. The second-order valence-electron chi connectivity index (χ2n) is 10.6. The fourth-order valence-electron chi connectivity index (χ4n) is 5.93. The molecule has 0 unspecified atom stereocenters. The number of rotatable bonds is 6. The molecule has 2 aromatic heterocycles. The van der Waals surface area contributed by atoms with Crippen LogP contribution in [0.4, 0.5) is 10.2 Å². The van der Waals surface area contributed by atoms with E-state index in [2.05, 4.69) is 39.0 Å². The molecule has 2 saturated carbocycles. The number of nitrogens with zero attached hydrogens (tertiary/aromatic N) is 6. The van der Waals surface area contributed by atoms with Crippen LogP contribution in [-0.2, 0) is 0 Å². The lowest BCUT2D eigenvalue weighted by atomic mass is 9.67. The Labute approximate surface area is 209 Å². The number of fused-ring (bicyclic) bond motifs is 2. The zero-order valence-electron chi connectivity index (χ0n) is 21.2. The Morgan fingerprint density at radius 1 is 1.06 bits per heavy atom. The molecule has 4 atom stereocenters. The molecular weight excluding hydrogens is 463 g/mol. The Kier molecular flexibility index (Phi) is 5.92. The summed E-state index contributed by atoms with van der Waals surface area (Å²) in [5, 5.41) is 19.3. The molecule has 2 aliphatic carbocycles. The summed E-state index contributed by atoms with van der Waals surface area (Å²) in [5.74, 6) is 1.27. The number of hydrogen-bond donors (Lipinski definition) is 1. The third kappa shape index (κ3) is 4.08. The van der Waals surface area contributed by atoms with E-state index in [-0.39, 0.29) is 40.2 Å². The number of hydrogen-bond acceptors (Lipinski definition) is 9. The number of aromatic nitrogens is 5. The molecule has 1 aromatic carbocycles. The van der Waals surface area contributed by atoms with Gasteiger partial charge in [-0.25, -0.2) is 19.3 Å². The quantitative estimate of drug-likeness (QED) is 0.531. The highest BCUT2D eigenvalue weighted by Gasteiger charge is 2.56. The lowest BCUT2D eigenvalue weighted by Gasteiger charge is -2.46. The Morgan fingerprint density at radius 2 is 1.83 bits per heavy atom. The van der Waals surface area contributed by atoms with Gasteiger partial charge >= 0.3 is 0 Å². The molecule has 1 N–H and O–H groups in total. The minimum Gasteiger partial charge on any atom is -0.507 e. The van der Waals surface area contributed by atoms with Crippen LogP contribution in [0.2, 0.25) is 0 Å². The number of aromatic hydroxyl groups is 1. The molecule has 2 fully saturated rings. The number of alkyl halides is 1. The zero-order chi connectivity index (χ0) is 25.7. The van der Waals surface area contributed by atoms with Crippen LogP contribution in [0, 0.1) is 10.8 Å². The third-order valence-electron chi connectivity index (χ3n) is 7.87. The molecule has 0 aliphatic heterocycles. The van der Waals surface area contributed by atoms with Gasteiger partial charge in [0.2, 0.25) is 0 Å². The number of methoxy groups -OCH3 is 2. The van der Waals surface area contributed by atoms with Gasteiger partial charge in [0.1, 0.15) is 11.9 Å². The molecule has 2 bridgehead atoms. The zero-order valence-corrected chi connectivity index (χ0v) is 21.2. The predicted octanol–water partition coefficient (Wildman–Crippen LogP) is 4.46. The Morgan fingerprint density at radius 3 is 2.50 bits per heavy atom. The van der Waals surface area contributed by atoms with Crippen LogP contribution in [0.15, 0.2) is 30.6 Å². The van der Waals surface area contributed by atoms with Crippen molar-refractivity contribution in [3.8, 4) is 40.2 Å². The van der Waals surface area contributed by atoms with Crippen molar-refractivity contribution in [1.82, 2.24) is 25.1 Å². The predicted molar refractivity (Wildman–Crippen MR) is 133 cm³/mol. The summed E-state index contributed by atoms with van der Waals surface area (Å²) in [7, 11) is 4.82. The fraction of sp³-hybridized carbons (Fsp3) is 0.500. The molecule has 5 rings (SSSR count). The third-order valence-corrected chi connectivity index (χ3v) is 7.87. The van der Waals surface area contributed by atoms with Crippen molar-refractivity contribution in [3.05, 3.63) is 30.6 Å². The Hall–Kier alpha value is -3.56. The molecule has 3 aromatic rings. The van der Waals surface area contributed by atoms with Gasteiger partial charge in [-0.15, -0.1) is 10.2 Å². The van der Waals surface area contributed by atoms with Crippen LogP contribution >= 0.6 is 0 Å². The van der Waals surface area contributed by atoms with Gasteiger partial charge in [0.25, 0.3) is 11.8 Å². The summed E-state index contributed by atoms with van der Waals surface area (Å²) in [6, 6.07) is 4.76. The lowest BCUT2D eigenvalue weighted by Crippen LogP contribution is -2.52. The fourth-order valence-corrected chi connectivity index (χ4v) is 5.93. The van der Waals surface area contributed by atoms with Gasteiger partial charge in [0.05, 0.1) is 43.9 Å². The summed E-state index contributed by atoms with van der Waals surface area (Å²) in [6.07, 6.45) is 5.88. The van der Waals surface area contributed by atoms with E-state index in [1.54, 1.807) is 24.4 Å². The molecule has 190 valence electrons. The first-order valence-corrected chi connectivity index (χ1v) is 12.0. The number of benzene rings is 1. The van der Waals surface area contributed by atoms with Crippen LogP contribution < -0.4 is 14.4 Å². The lowest BCUT2D eigenvalue weighted by molar-refractivity contribution is 0.0380. The van der Waals surface area contributed by atoms with Crippen molar-refractivity contribution >= 4 is 5.82 Å². The van der Waals surface area contributed by atoms with Crippen LogP contribution in [0.1, 0.15) is 39.5 Å². The number of anilines is 1. The highest BCUT2D eigenvalue weighted by molar-refractivity contribution is 5.71. The standard InChI is InChI=1S/C26H31FN6O3/c1-25-8-9-26(2,14-25)21(27)18(11-25)33(3)20-13-28-22(32-31-20)16-7-6-15(10-19(16)34)17-12-29-23(35-4)24(30-17)36-5/h6-7,10,12-13,18,21,34H,8-9,11,14H2,1-5H3/t18-,21-,25-,26-/m0/s1. The van der Waals surface area contributed by atoms with E-state index in [1.165, 1.54) is 20.4 Å². The van der Waals surface area contributed by atoms with Crippen molar-refractivity contribution in [2.24, 2.45) is 10.8 Å². The summed E-state index contributed by atoms with van der Waals surface area (Å²) in [5.41, 5.74) is 1.43. The second kappa shape index (κ2) is 8.83. The van der Waals surface area contributed by atoms with Gasteiger partial charge in [-0.05, 0) is 43.2 Å². The van der Waals surface area contributed by atoms with Gasteiger partial charge in [0.15, 0.2) is 11.6 Å². The van der Waals surface area contributed by atoms with E-state index in [4.69, 9.17) is 9.47 Å². The molecule has 2 aliphatic rings. The molecule has 0 radical (unpaired) electrons. The summed E-state index contributed by atoms with van der Waals surface area (Å²) in [4.78, 5) is 14.9. The maximum Gasteiger partial charge on any atom is 0.278 e. The first-order valence-electron chi connectivity index (χ1n) is 12.0. The van der Waals surface area contributed by atoms with E-state index in [1.807, 2.05) is 11.9 Å². The van der Waals surface area contributed by atoms with Crippen LogP contribution in [-0.4, -0.2) is 63.7 Å². The first-order chi connectivity index (χ1) is 17.2. The summed E-state index contributed by atoms with van der Waals surface area (Å²) < 4.78 is 25.9. The Bertz CT molecular complexity index is 1280. The topological polar surface area (TPSA) is 106 Å². The molecule has 36 heavy (non-hydrogen) atoms. The van der Waals surface area contributed by atoms with E-state index < -0.39 is 6.17 Å². The van der Waals surface area contributed by atoms with E-state index in [0.29, 0.717) is 22.6 Å². The second-order valence-corrected chi connectivity index (χ2v) is 10.6. The minimum atomic E-state index is -0.934. The molecule has 0 saturated heterocycles. The molecule has 9 nitrogen and oxygen atoms in total. The molecule has 0 spiro atoms. The maximum atomic E-state index is 15.5. The van der Waals surface area contributed by atoms with Crippen molar-refractivity contribution in [2.45, 2.75) is 51.7 Å². The Balaban J connectivity index is 1.37. The van der Waals surface area contributed by atoms with Crippen molar-refractivity contribution in [3.63, 3.8) is 0 Å². The SMILES string of the molecule is COc1ncc(-c2ccc(-c3ncc(N(C)[C@H]4C[C@]5(C)CC[C@@](C)(C5)[C@H]4F)nn3)c(O)c2)nc1OC. The highest BCUT2D eigenvalue weighted by Crippen LogP contribution is 2.59. The minimum absolute atomic E-state index is 0.0273. The van der Waals surface area contributed by atoms with Crippen molar-refractivity contribution in [2.75, 3.05) is 26.2 Å². The van der Waals surface area contributed by atoms with Gasteiger partial charge in [0, 0.05) is 18.0 Å². The largest absolute Gasteiger partial charge is 0.507 e. The highest BCUT2D eigenvalue weighted by atomic mass is 19.1. The summed E-state index contributed by atoms with van der Waals surface area (Å²) in [6.45, 7) is 4.33. The average Bonchev–Trinajstić information content (AvgIpc) is 3.17. The van der Waals surface area contributed by atoms with Gasteiger partial charge in [-0.3, -0.25) is 0 Å². The first kappa shape index (κ1) is 24.1. The average molecular weight is 495 g/mol. The maximum absolute atomic E-state index is 15.5. The monoisotopic (exact) mass is 494 g/mol. The molecule has 10 heteroatoms. The van der Waals surface area contributed by atoms with E-state index in [0.717, 1.165) is 25.7 Å². The van der Waals surface area contributed by atoms with Crippen molar-refractivity contribution in [1.29, 1.82) is 0 Å². The van der Waals surface area contributed by atoms with Crippen LogP contribution in [0.25, 0.3) is 22.6 Å². The number of phenols is 1. The molecule has 2 heterocycles. The normalized spacial score (nSPS) is 27.1. The molecular formula is C26H31FN6O3. The van der Waals surface area contributed by atoms with Gasteiger partial charge in [-0.2, -0.15) is 0 Å². The summed E-state index contributed by atoms with van der Waals surface area (Å²) >= 11 is 0. The van der Waals surface area contributed by atoms with Gasteiger partial charge < -0.3 is 19.5 Å². The number of ether oxygens (including phenoxy) is 2. The number of phenolic OH excluding ortho intramolecular Hbond substituents is 1. The van der Waals surface area contributed by atoms with Crippen molar-refractivity contribution < 1.29 is 19.0 Å². The van der Waals surface area contributed by atoms with E-state index >= 15 is 4.39 Å². The van der Waals surface area contributed by atoms with Crippen LogP contribution in [0.3, 0.4) is 0 Å². The number of halogens is 1.